The number of amides is 1. The molecule has 8 heteroatoms. The summed E-state index contributed by atoms with van der Waals surface area (Å²) in [5.74, 6) is 0.375. The first-order chi connectivity index (χ1) is 15.0. The van der Waals surface area contributed by atoms with E-state index in [1.807, 2.05) is 13.0 Å². The van der Waals surface area contributed by atoms with Gasteiger partial charge < -0.3 is 10.1 Å². The van der Waals surface area contributed by atoms with Crippen LogP contribution in [0, 0.1) is 13.8 Å². The number of aromatic nitrogens is 4. The summed E-state index contributed by atoms with van der Waals surface area (Å²) in [6.07, 6.45) is 5.11. The Morgan fingerprint density at radius 3 is 2.68 bits per heavy atom. The van der Waals surface area contributed by atoms with E-state index in [-0.39, 0.29) is 12.6 Å². The molecule has 0 aliphatic heterocycles. The number of nitrogens with one attached hydrogen (secondary N) is 1. The van der Waals surface area contributed by atoms with Crippen molar-refractivity contribution in [3.8, 4) is 5.75 Å². The Morgan fingerprint density at radius 2 is 1.90 bits per heavy atom. The minimum Gasteiger partial charge on any atom is -0.471 e. The molecule has 2 aromatic carbocycles. The number of carbonyl (C=O) groups excluding carboxylic acids is 1. The van der Waals surface area contributed by atoms with Crippen molar-refractivity contribution in [3.05, 3.63) is 94.5 Å². The van der Waals surface area contributed by atoms with Gasteiger partial charge in [0.05, 0.1) is 18.4 Å². The highest BCUT2D eigenvalue weighted by Gasteiger charge is 2.11. The lowest BCUT2D eigenvalue weighted by Crippen LogP contribution is -2.14. The van der Waals surface area contributed by atoms with Crippen molar-refractivity contribution < 1.29 is 9.53 Å². The van der Waals surface area contributed by atoms with Crippen molar-refractivity contribution in [2.75, 3.05) is 5.32 Å². The number of anilines is 1. The second-order valence-electron chi connectivity index (χ2n) is 7.29. The van der Waals surface area contributed by atoms with Crippen LogP contribution < -0.4 is 10.1 Å². The van der Waals surface area contributed by atoms with E-state index in [1.165, 1.54) is 5.56 Å². The number of ether oxygens (including phenoxy) is 1. The molecule has 2 aromatic heterocycles. The van der Waals surface area contributed by atoms with Crippen LogP contribution in [-0.4, -0.2) is 25.5 Å². The summed E-state index contributed by atoms with van der Waals surface area (Å²) in [6, 6.07) is 15.3. The molecule has 0 aliphatic carbocycles. The van der Waals surface area contributed by atoms with E-state index in [0.717, 1.165) is 11.1 Å². The molecule has 0 saturated carbocycles. The van der Waals surface area contributed by atoms with E-state index in [1.54, 1.807) is 46.2 Å². The van der Waals surface area contributed by atoms with Gasteiger partial charge in [0.2, 0.25) is 0 Å². The van der Waals surface area contributed by atoms with Gasteiger partial charge in [0.25, 0.3) is 5.91 Å². The topological polar surface area (TPSA) is 74.0 Å². The van der Waals surface area contributed by atoms with Crippen LogP contribution in [0.15, 0.2) is 67.1 Å². The highest BCUT2D eigenvalue weighted by atomic mass is 35.5. The highest BCUT2D eigenvalue weighted by Crippen LogP contribution is 2.21. The number of hydrogen-bond donors (Lipinski definition) is 1. The summed E-state index contributed by atoms with van der Waals surface area (Å²) in [7, 11) is 0. The second-order valence-corrected chi connectivity index (χ2v) is 7.70. The number of rotatable bonds is 7. The Morgan fingerprint density at radius 1 is 1.10 bits per heavy atom. The number of halogens is 1. The zero-order chi connectivity index (χ0) is 21.8. The first kappa shape index (κ1) is 20.7. The highest BCUT2D eigenvalue weighted by molar-refractivity contribution is 6.31. The minimum absolute atomic E-state index is 0.183. The van der Waals surface area contributed by atoms with Gasteiger partial charge >= 0.3 is 0 Å². The molecule has 0 spiro atoms. The molecule has 7 nitrogen and oxygen atoms in total. The second kappa shape index (κ2) is 9.06. The van der Waals surface area contributed by atoms with E-state index >= 15 is 0 Å². The Balaban J connectivity index is 1.33. The fourth-order valence-corrected chi connectivity index (χ4v) is 3.11. The quantitative estimate of drug-likeness (QED) is 0.457. The molecule has 4 rings (SSSR count). The van der Waals surface area contributed by atoms with Gasteiger partial charge in [-0.1, -0.05) is 41.4 Å². The Hall–Kier alpha value is -3.58. The molecule has 0 aliphatic rings. The van der Waals surface area contributed by atoms with E-state index in [2.05, 4.69) is 46.7 Å². The average molecular weight is 436 g/mol. The summed E-state index contributed by atoms with van der Waals surface area (Å²) in [6.45, 7) is 4.78. The number of hydrogen-bond acceptors (Lipinski definition) is 4. The predicted molar refractivity (Wildman–Crippen MR) is 120 cm³/mol. The fourth-order valence-electron chi connectivity index (χ4n) is 2.99. The van der Waals surface area contributed by atoms with Crippen LogP contribution in [0.4, 0.5) is 5.69 Å². The number of carbonyl (C=O) groups is 1. The summed E-state index contributed by atoms with van der Waals surface area (Å²) < 4.78 is 9.04. The molecule has 4 aromatic rings. The van der Waals surface area contributed by atoms with Gasteiger partial charge in [-0.3, -0.25) is 9.48 Å². The third-order valence-electron chi connectivity index (χ3n) is 4.72. The van der Waals surface area contributed by atoms with Gasteiger partial charge in [-0.2, -0.15) is 10.2 Å². The lowest BCUT2D eigenvalue weighted by molar-refractivity contribution is 0.102. The smallest absolute Gasteiger partial charge is 0.276 e. The molecule has 0 radical (unpaired) electrons. The van der Waals surface area contributed by atoms with Crippen molar-refractivity contribution >= 4 is 23.2 Å². The van der Waals surface area contributed by atoms with Crippen molar-refractivity contribution in [1.29, 1.82) is 0 Å². The molecular formula is C23H22ClN5O2. The van der Waals surface area contributed by atoms with E-state index in [0.29, 0.717) is 28.7 Å². The summed E-state index contributed by atoms with van der Waals surface area (Å²) >= 11 is 6.03. The normalized spacial score (nSPS) is 10.8. The van der Waals surface area contributed by atoms with Crippen molar-refractivity contribution in [3.63, 3.8) is 0 Å². The number of aryl methyl sites for hydroxylation is 2. The number of nitrogens with zero attached hydrogens (tertiary/aromatic N) is 4. The fraction of sp³-hybridized carbons (Fsp3) is 0.174. The van der Waals surface area contributed by atoms with Crippen LogP contribution in [0.1, 0.15) is 27.2 Å². The predicted octanol–water partition coefficient (Wildman–Crippen LogP) is 4.69. The molecule has 0 bridgehead atoms. The monoisotopic (exact) mass is 435 g/mol. The molecule has 0 saturated heterocycles. The van der Waals surface area contributed by atoms with Gasteiger partial charge in [0.15, 0.2) is 12.4 Å². The largest absolute Gasteiger partial charge is 0.471 e. The van der Waals surface area contributed by atoms with Crippen LogP contribution >= 0.6 is 11.6 Å². The minimum atomic E-state index is -0.309. The third-order valence-corrected chi connectivity index (χ3v) is 5.15. The molecule has 0 unspecified atom stereocenters. The lowest BCUT2D eigenvalue weighted by Gasteiger charge is -2.07. The molecule has 158 valence electrons. The maximum absolute atomic E-state index is 12.5. The SMILES string of the molecule is Cc1ccc(Cn2cc(NC(=O)c3ccn(COc4ccc(Cl)c(C)c4)n3)cn2)cc1. The zero-order valence-corrected chi connectivity index (χ0v) is 18.0. The lowest BCUT2D eigenvalue weighted by atomic mass is 10.1. The molecule has 0 fully saturated rings. The van der Waals surface area contributed by atoms with Crippen LogP contribution in [0.3, 0.4) is 0 Å². The first-order valence-corrected chi connectivity index (χ1v) is 10.2. The van der Waals surface area contributed by atoms with Crippen molar-refractivity contribution in [1.82, 2.24) is 19.6 Å². The Labute approximate surface area is 185 Å². The van der Waals surface area contributed by atoms with Gasteiger partial charge in [-0.25, -0.2) is 4.68 Å². The third kappa shape index (κ3) is 5.32. The van der Waals surface area contributed by atoms with E-state index < -0.39 is 0 Å². The van der Waals surface area contributed by atoms with Gasteiger partial charge in [-0.05, 0) is 49.2 Å². The van der Waals surface area contributed by atoms with Crippen LogP contribution in [0.2, 0.25) is 5.02 Å². The molecule has 2 heterocycles. The Bertz CT molecular complexity index is 1200. The molecule has 0 atom stereocenters. The molecule has 31 heavy (non-hydrogen) atoms. The van der Waals surface area contributed by atoms with Gasteiger partial charge in [0, 0.05) is 17.4 Å². The van der Waals surface area contributed by atoms with E-state index in [4.69, 9.17) is 16.3 Å². The summed E-state index contributed by atoms with van der Waals surface area (Å²) in [4.78, 5) is 12.5. The summed E-state index contributed by atoms with van der Waals surface area (Å²) in [5, 5.41) is 12.1. The van der Waals surface area contributed by atoms with Crippen molar-refractivity contribution in [2.45, 2.75) is 27.1 Å². The maximum Gasteiger partial charge on any atom is 0.276 e. The molecular weight excluding hydrogens is 414 g/mol. The molecule has 1 N–H and O–H groups in total. The number of benzene rings is 2. The maximum atomic E-state index is 12.5. The first-order valence-electron chi connectivity index (χ1n) is 9.78. The van der Waals surface area contributed by atoms with Crippen molar-refractivity contribution in [2.24, 2.45) is 0 Å². The standard InChI is InChI=1S/C23H22ClN5O2/c1-16-3-5-18(6-4-16)13-29-14-19(12-25-29)26-23(30)22-9-10-28(27-22)15-31-20-7-8-21(24)17(2)11-20/h3-12,14H,13,15H2,1-2H3,(H,26,30). The van der Waals surface area contributed by atoms with Gasteiger partial charge in [-0.15, -0.1) is 0 Å². The van der Waals surface area contributed by atoms with E-state index in [9.17, 15) is 4.79 Å². The zero-order valence-electron chi connectivity index (χ0n) is 17.2. The molecule has 1 amide bonds. The average Bonchev–Trinajstić information content (AvgIpc) is 3.40. The summed E-state index contributed by atoms with van der Waals surface area (Å²) in [5.41, 5.74) is 4.19. The Kier molecular flexibility index (Phi) is 6.04. The van der Waals surface area contributed by atoms with Crippen LogP contribution in [0.5, 0.6) is 5.75 Å². The van der Waals surface area contributed by atoms with Crippen LogP contribution in [-0.2, 0) is 13.3 Å². The van der Waals surface area contributed by atoms with Gasteiger partial charge in [0.1, 0.15) is 5.75 Å². The van der Waals surface area contributed by atoms with Crippen LogP contribution in [0.25, 0.3) is 0 Å².